The number of nitrogens with one attached hydrogen (secondary N) is 1. The van der Waals surface area contributed by atoms with Crippen molar-refractivity contribution in [1.82, 2.24) is 5.32 Å². The van der Waals surface area contributed by atoms with Gasteiger partial charge in [0.25, 0.3) is 0 Å². The zero-order valence-corrected chi connectivity index (χ0v) is 10.9. The molecule has 5 nitrogen and oxygen atoms in total. The van der Waals surface area contributed by atoms with Gasteiger partial charge in [-0.05, 0) is 17.7 Å². The third-order valence-corrected chi connectivity index (χ3v) is 2.93. The van der Waals surface area contributed by atoms with Gasteiger partial charge in [-0.2, -0.15) is 5.26 Å². The van der Waals surface area contributed by atoms with Gasteiger partial charge >= 0.3 is 5.97 Å². The average Bonchev–Trinajstić information content (AvgIpc) is 2.89. The largest absolute Gasteiger partial charge is 0.468 e. The molecule has 1 unspecified atom stereocenters. The minimum absolute atomic E-state index is 0.148. The average molecular weight is 279 g/mol. The number of rotatable bonds is 2. The molecule has 1 aromatic carbocycles. The van der Waals surface area contributed by atoms with Crippen molar-refractivity contribution in [3.8, 4) is 6.07 Å². The third kappa shape index (κ3) is 2.80. The predicted octanol–water partition coefficient (Wildman–Crippen LogP) is 1.91. The highest BCUT2D eigenvalue weighted by Crippen LogP contribution is 2.27. The number of methoxy groups -OCH3 is 1. The lowest BCUT2D eigenvalue weighted by Crippen LogP contribution is -2.13. The first-order chi connectivity index (χ1) is 9.15. The molecule has 1 fully saturated rings. The molecular formula is C13H11ClN2O3. The number of hydrogen-bond donors (Lipinski definition) is 1. The Kier molecular flexibility index (Phi) is 3.93. The maximum Gasteiger partial charge on any atom is 0.354 e. The van der Waals surface area contributed by atoms with Crippen LogP contribution in [-0.2, 0) is 14.3 Å². The van der Waals surface area contributed by atoms with Crippen LogP contribution in [0.5, 0.6) is 0 Å². The number of carbonyl (C=O) groups excluding carboxylic acids is 1. The highest BCUT2D eigenvalue weighted by atomic mass is 35.5. The molecule has 1 atom stereocenters. The van der Waals surface area contributed by atoms with Crippen LogP contribution < -0.4 is 5.32 Å². The van der Waals surface area contributed by atoms with Gasteiger partial charge in [0, 0.05) is 5.02 Å². The number of nitriles is 1. The SMILES string of the molecule is COC(=O)/C(C#N)=C1/NCC(c2ccc(Cl)cc2)O1. The molecule has 0 aliphatic carbocycles. The van der Waals surface area contributed by atoms with E-state index < -0.39 is 5.97 Å². The highest BCUT2D eigenvalue weighted by molar-refractivity contribution is 6.30. The Morgan fingerprint density at radius 2 is 2.21 bits per heavy atom. The first kappa shape index (κ1) is 13.2. The summed E-state index contributed by atoms with van der Waals surface area (Å²) in [5.74, 6) is -0.573. The molecule has 1 aliphatic heterocycles. The summed E-state index contributed by atoms with van der Waals surface area (Å²) in [6, 6.07) is 8.96. The summed E-state index contributed by atoms with van der Waals surface area (Å²) in [5, 5.41) is 12.5. The van der Waals surface area contributed by atoms with E-state index in [2.05, 4.69) is 10.1 Å². The predicted molar refractivity (Wildman–Crippen MR) is 67.9 cm³/mol. The molecule has 6 heteroatoms. The lowest BCUT2D eigenvalue weighted by Gasteiger charge is -2.09. The zero-order valence-electron chi connectivity index (χ0n) is 10.1. The number of halogens is 1. The van der Waals surface area contributed by atoms with E-state index in [1.54, 1.807) is 18.2 Å². The Bertz CT molecular complexity index is 560. The summed E-state index contributed by atoms with van der Waals surface area (Å²) in [6.45, 7) is 0.471. The summed E-state index contributed by atoms with van der Waals surface area (Å²) in [4.78, 5) is 11.4. The maximum absolute atomic E-state index is 11.4. The van der Waals surface area contributed by atoms with Crippen LogP contribution in [-0.4, -0.2) is 19.6 Å². The van der Waals surface area contributed by atoms with E-state index in [0.717, 1.165) is 5.56 Å². The zero-order chi connectivity index (χ0) is 13.8. The van der Waals surface area contributed by atoms with Gasteiger partial charge in [-0.1, -0.05) is 23.7 Å². The Morgan fingerprint density at radius 1 is 1.53 bits per heavy atom. The first-order valence-electron chi connectivity index (χ1n) is 5.54. The summed E-state index contributed by atoms with van der Waals surface area (Å²) in [7, 11) is 1.21. The number of nitrogens with zero attached hydrogens (tertiary/aromatic N) is 1. The second kappa shape index (κ2) is 5.63. The molecule has 1 aromatic rings. The maximum atomic E-state index is 11.4. The Hall–Kier alpha value is -2.19. The highest BCUT2D eigenvalue weighted by Gasteiger charge is 2.27. The molecule has 0 radical (unpaired) electrons. The van der Waals surface area contributed by atoms with E-state index in [1.807, 2.05) is 12.1 Å². The second-order valence-corrected chi connectivity index (χ2v) is 4.28. The quantitative estimate of drug-likeness (QED) is 0.508. The summed E-state index contributed by atoms with van der Waals surface area (Å²) < 4.78 is 10.1. The lowest BCUT2D eigenvalue weighted by molar-refractivity contribution is -0.135. The standard InChI is InChI=1S/C13H11ClN2O3/c1-18-13(17)10(6-15)12-16-7-11(19-12)8-2-4-9(14)5-3-8/h2-5,11,16H,7H2,1H3/b12-10-. The molecule has 1 aliphatic rings. The number of esters is 1. The van der Waals surface area contributed by atoms with Gasteiger partial charge < -0.3 is 14.8 Å². The molecule has 1 N–H and O–H groups in total. The van der Waals surface area contributed by atoms with E-state index in [0.29, 0.717) is 11.6 Å². The topological polar surface area (TPSA) is 71.4 Å². The van der Waals surface area contributed by atoms with Crippen LogP contribution in [0.25, 0.3) is 0 Å². The molecule has 1 heterocycles. The minimum atomic E-state index is -0.721. The van der Waals surface area contributed by atoms with Crippen molar-refractivity contribution in [1.29, 1.82) is 5.26 Å². The van der Waals surface area contributed by atoms with Crippen LogP contribution in [0.3, 0.4) is 0 Å². The monoisotopic (exact) mass is 278 g/mol. The molecule has 0 aromatic heterocycles. The Balaban J connectivity index is 2.20. The van der Waals surface area contributed by atoms with Gasteiger partial charge in [-0.3, -0.25) is 0 Å². The normalized spacial score (nSPS) is 19.9. The summed E-state index contributed by atoms with van der Waals surface area (Å²) in [6.07, 6.45) is -0.264. The van der Waals surface area contributed by atoms with Crippen LogP contribution in [0.15, 0.2) is 35.7 Å². The summed E-state index contributed by atoms with van der Waals surface area (Å²) >= 11 is 5.81. The molecular weight excluding hydrogens is 268 g/mol. The van der Waals surface area contributed by atoms with Gasteiger partial charge in [0.1, 0.15) is 12.2 Å². The molecule has 0 amide bonds. The van der Waals surface area contributed by atoms with E-state index in [1.165, 1.54) is 7.11 Å². The second-order valence-electron chi connectivity index (χ2n) is 3.85. The van der Waals surface area contributed by atoms with E-state index >= 15 is 0 Å². The summed E-state index contributed by atoms with van der Waals surface area (Å²) in [5.41, 5.74) is 0.744. The number of hydrogen-bond acceptors (Lipinski definition) is 5. The Morgan fingerprint density at radius 3 is 2.79 bits per heavy atom. The molecule has 0 bridgehead atoms. The van der Waals surface area contributed by atoms with Gasteiger partial charge in [-0.15, -0.1) is 0 Å². The van der Waals surface area contributed by atoms with Crippen LogP contribution in [0, 0.1) is 11.3 Å². The van der Waals surface area contributed by atoms with Crippen molar-refractivity contribution in [2.75, 3.05) is 13.7 Å². The fraction of sp³-hybridized carbons (Fsp3) is 0.231. The number of benzene rings is 1. The van der Waals surface area contributed by atoms with Crippen LogP contribution in [0.4, 0.5) is 0 Å². The molecule has 0 spiro atoms. The fourth-order valence-corrected chi connectivity index (χ4v) is 1.84. The van der Waals surface area contributed by atoms with Gasteiger partial charge in [-0.25, -0.2) is 4.79 Å². The van der Waals surface area contributed by atoms with Gasteiger partial charge in [0.2, 0.25) is 5.88 Å². The minimum Gasteiger partial charge on any atom is -0.468 e. The smallest absolute Gasteiger partial charge is 0.354 e. The van der Waals surface area contributed by atoms with E-state index in [-0.39, 0.29) is 17.6 Å². The van der Waals surface area contributed by atoms with Crippen molar-refractivity contribution < 1.29 is 14.3 Å². The molecule has 0 saturated carbocycles. The fourth-order valence-electron chi connectivity index (χ4n) is 1.71. The van der Waals surface area contributed by atoms with Gasteiger partial charge in [0.05, 0.1) is 13.7 Å². The van der Waals surface area contributed by atoms with E-state index in [9.17, 15) is 4.79 Å². The number of ether oxygens (including phenoxy) is 2. The molecule has 1 saturated heterocycles. The molecule has 2 rings (SSSR count). The van der Waals surface area contributed by atoms with Crippen molar-refractivity contribution in [2.45, 2.75) is 6.10 Å². The van der Waals surface area contributed by atoms with E-state index in [4.69, 9.17) is 21.6 Å². The van der Waals surface area contributed by atoms with Crippen LogP contribution in [0.2, 0.25) is 5.02 Å². The van der Waals surface area contributed by atoms with Gasteiger partial charge in [0.15, 0.2) is 5.57 Å². The van der Waals surface area contributed by atoms with Crippen molar-refractivity contribution in [2.24, 2.45) is 0 Å². The van der Waals surface area contributed by atoms with Crippen molar-refractivity contribution >= 4 is 17.6 Å². The molecule has 19 heavy (non-hydrogen) atoms. The number of carbonyl (C=O) groups is 1. The first-order valence-corrected chi connectivity index (χ1v) is 5.92. The molecule has 98 valence electrons. The lowest BCUT2D eigenvalue weighted by atomic mass is 10.1. The van der Waals surface area contributed by atoms with Crippen molar-refractivity contribution in [3.63, 3.8) is 0 Å². The Labute approximate surface area is 115 Å². The van der Waals surface area contributed by atoms with Crippen molar-refractivity contribution in [3.05, 3.63) is 46.3 Å². The van der Waals surface area contributed by atoms with Crippen LogP contribution in [0.1, 0.15) is 11.7 Å². The third-order valence-electron chi connectivity index (χ3n) is 2.68. The van der Waals surface area contributed by atoms with Crippen LogP contribution >= 0.6 is 11.6 Å².